The summed E-state index contributed by atoms with van der Waals surface area (Å²) in [6, 6.07) is 24.4. The van der Waals surface area contributed by atoms with Crippen molar-refractivity contribution in [3.05, 3.63) is 101 Å². The molecule has 0 unspecified atom stereocenters. The van der Waals surface area contributed by atoms with E-state index >= 15 is 0 Å². The normalized spacial score (nSPS) is 12.7. The monoisotopic (exact) mass is 394 g/mol. The van der Waals surface area contributed by atoms with Gasteiger partial charge >= 0.3 is 0 Å². The van der Waals surface area contributed by atoms with Gasteiger partial charge in [-0.15, -0.1) is 0 Å². The third-order valence-electron chi connectivity index (χ3n) is 5.51. The molecule has 1 aliphatic rings. The molecule has 1 heterocycles. The average molecular weight is 394 g/mol. The Hall–Kier alpha value is -3.71. The number of benzene rings is 3. The standard InChI is InChI=1S/C26H22N2O2/c27-18-20-10-8-19(9-11-20)12-15-25(29)28-16-4-7-22-17-23(13-14-24(22)28)26(30)21-5-2-1-3-6-21/h1-3,5-6,8-11,13-14,17H,4,7,12,15-16H2. The van der Waals surface area contributed by atoms with Gasteiger partial charge in [-0.05, 0) is 60.7 Å². The Morgan fingerprint density at radius 2 is 1.70 bits per heavy atom. The number of hydrogen-bond acceptors (Lipinski definition) is 3. The smallest absolute Gasteiger partial charge is 0.227 e. The highest BCUT2D eigenvalue weighted by atomic mass is 16.2. The molecule has 0 aliphatic carbocycles. The predicted molar refractivity (Wildman–Crippen MR) is 116 cm³/mol. The van der Waals surface area contributed by atoms with Gasteiger partial charge in [-0.1, -0.05) is 42.5 Å². The Labute approximate surface area is 176 Å². The molecule has 4 heteroatoms. The van der Waals surface area contributed by atoms with Crippen LogP contribution >= 0.6 is 0 Å². The minimum absolute atomic E-state index is 0.00247. The van der Waals surface area contributed by atoms with Crippen molar-refractivity contribution in [3.63, 3.8) is 0 Å². The fourth-order valence-corrected chi connectivity index (χ4v) is 3.89. The Balaban J connectivity index is 1.48. The summed E-state index contributed by atoms with van der Waals surface area (Å²) in [6.07, 6.45) is 2.81. The molecule has 0 saturated heterocycles. The number of fused-ring (bicyclic) bond motifs is 1. The summed E-state index contributed by atoms with van der Waals surface area (Å²) in [5.41, 5.74) is 4.96. The number of carbonyl (C=O) groups is 2. The highest BCUT2D eigenvalue weighted by molar-refractivity contribution is 6.09. The highest BCUT2D eigenvalue weighted by Gasteiger charge is 2.23. The van der Waals surface area contributed by atoms with Crippen LogP contribution in [0.1, 0.15) is 45.5 Å². The van der Waals surface area contributed by atoms with Crippen molar-refractivity contribution in [2.75, 3.05) is 11.4 Å². The van der Waals surface area contributed by atoms with Crippen molar-refractivity contribution in [2.45, 2.75) is 25.7 Å². The number of hydrogen-bond donors (Lipinski definition) is 0. The summed E-state index contributed by atoms with van der Waals surface area (Å²) in [5, 5.41) is 8.90. The average Bonchev–Trinajstić information content (AvgIpc) is 2.82. The molecule has 1 amide bonds. The van der Waals surface area contributed by atoms with Gasteiger partial charge in [0.05, 0.1) is 11.6 Å². The van der Waals surface area contributed by atoms with Crippen LogP contribution in [0.4, 0.5) is 5.69 Å². The van der Waals surface area contributed by atoms with E-state index in [1.165, 1.54) is 0 Å². The molecule has 0 atom stereocenters. The van der Waals surface area contributed by atoms with E-state index in [0.717, 1.165) is 29.7 Å². The lowest BCUT2D eigenvalue weighted by molar-refractivity contribution is -0.118. The lowest BCUT2D eigenvalue weighted by atomic mass is 9.95. The summed E-state index contributed by atoms with van der Waals surface area (Å²) >= 11 is 0. The van der Waals surface area contributed by atoms with Crippen molar-refractivity contribution in [3.8, 4) is 6.07 Å². The highest BCUT2D eigenvalue weighted by Crippen LogP contribution is 2.29. The third-order valence-corrected chi connectivity index (χ3v) is 5.51. The topological polar surface area (TPSA) is 61.2 Å². The number of ketones is 1. The van der Waals surface area contributed by atoms with Crippen LogP contribution < -0.4 is 4.90 Å². The quantitative estimate of drug-likeness (QED) is 0.589. The van der Waals surface area contributed by atoms with Gasteiger partial charge in [-0.2, -0.15) is 5.26 Å². The zero-order valence-electron chi connectivity index (χ0n) is 16.7. The SMILES string of the molecule is N#Cc1ccc(CCC(=O)N2CCCc3cc(C(=O)c4ccccc4)ccc32)cc1. The molecule has 0 bridgehead atoms. The fourth-order valence-electron chi connectivity index (χ4n) is 3.89. The minimum atomic E-state index is 0.00247. The summed E-state index contributed by atoms with van der Waals surface area (Å²) < 4.78 is 0. The molecule has 0 spiro atoms. The molecule has 0 saturated carbocycles. The van der Waals surface area contributed by atoms with Gasteiger partial charge in [-0.25, -0.2) is 0 Å². The van der Waals surface area contributed by atoms with Crippen LogP contribution in [0, 0.1) is 11.3 Å². The number of carbonyl (C=O) groups excluding carboxylic acids is 2. The summed E-state index contributed by atoms with van der Waals surface area (Å²) in [4.78, 5) is 27.5. The van der Waals surface area contributed by atoms with Crippen LogP contribution in [-0.2, 0) is 17.6 Å². The van der Waals surface area contributed by atoms with Crippen molar-refractivity contribution in [1.29, 1.82) is 5.26 Å². The van der Waals surface area contributed by atoms with E-state index in [-0.39, 0.29) is 11.7 Å². The lowest BCUT2D eigenvalue weighted by Crippen LogP contribution is -2.35. The van der Waals surface area contributed by atoms with Gasteiger partial charge in [0.15, 0.2) is 5.78 Å². The van der Waals surface area contributed by atoms with E-state index in [9.17, 15) is 9.59 Å². The van der Waals surface area contributed by atoms with Crippen LogP contribution in [0.2, 0.25) is 0 Å². The van der Waals surface area contributed by atoms with Gasteiger partial charge in [0.25, 0.3) is 0 Å². The lowest BCUT2D eigenvalue weighted by Gasteiger charge is -2.30. The molecule has 4 nitrogen and oxygen atoms in total. The maximum absolute atomic E-state index is 12.9. The second-order valence-corrected chi connectivity index (χ2v) is 7.50. The first-order valence-corrected chi connectivity index (χ1v) is 10.2. The van der Waals surface area contributed by atoms with Crippen molar-refractivity contribution in [2.24, 2.45) is 0 Å². The number of amides is 1. The largest absolute Gasteiger partial charge is 0.312 e. The number of aryl methyl sites for hydroxylation is 2. The first kappa shape index (κ1) is 19.6. The van der Waals surface area contributed by atoms with Gasteiger partial charge in [0.2, 0.25) is 5.91 Å². The molecular formula is C26H22N2O2. The Morgan fingerprint density at radius 1 is 0.933 bits per heavy atom. The molecular weight excluding hydrogens is 372 g/mol. The second kappa shape index (κ2) is 8.75. The first-order chi connectivity index (χ1) is 14.7. The Kier molecular flexibility index (Phi) is 5.72. The molecule has 3 aromatic rings. The van der Waals surface area contributed by atoms with Crippen molar-refractivity contribution < 1.29 is 9.59 Å². The molecule has 1 aliphatic heterocycles. The van der Waals surface area contributed by atoms with Gasteiger partial charge in [0, 0.05) is 29.8 Å². The Morgan fingerprint density at radius 3 is 2.43 bits per heavy atom. The zero-order chi connectivity index (χ0) is 20.9. The van der Waals surface area contributed by atoms with E-state index in [1.807, 2.05) is 65.6 Å². The summed E-state index contributed by atoms with van der Waals surface area (Å²) in [5.74, 6) is 0.0881. The molecule has 4 rings (SSSR count). The van der Waals surface area contributed by atoms with Gasteiger partial charge < -0.3 is 4.90 Å². The number of anilines is 1. The summed E-state index contributed by atoms with van der Waals surface area (Å²) in [7, 11) is 0. The number of nitrogens with zero attached hydrogens (tertiary/aromatic N) is 2. The van der Waals surface area contributed by atoms with Gasteiger partial charge in [-0.3, -0.25) is 9.59 Å². The molecule has 0 radical (unpaired) electrons. The zero-order valence-corrected chi connectivity index (χ0v) is 16.7. The van der Waals surface area contributed by atoms with Crippen LogP contribution in [0.15, 0.2) is 72.8 Å². The van der Waals surface area contributed by atoms with E-state index < -0.39 is 0 Å². The van der Waals surface area contributed by atoms with Crippen molar-refractivity contribution >= 4 is 17.4 Å². The van der Waals surface area contributed by atoms with E-state index in [4.69, 9.17) is 5.26 Å². The maximum atomic E-state index is 12.9. The molecule has 30 heavy (non-hydrogen) atoms. The van der Waals surface area contributed by atoms with E-state index in [1.54, 1.807) is 12.1 Å². The molecule has 3 aromatic carbocycles. The van der Waals surface area contributed by atoms with Crippen LogP contribution in [0.3, 0.4) is 0 Å². The molecule has 0 fully saturated rings. The van der Waals surface area contributed by atoms with Crippen LogP contribution in [0.5, 0.6) is 0 Å². The van der Waals surface area contributed by atoms with Crippen LogP contribution in [0.25, 0.3) is 0 Å². The second-order valence-electron chi connectivity index (χ2n) is 7.50. The predicted octanol–water partition coefficient (Wildman–Crippen LogP) is 4.70. The fraction of sp³-hybridized carbons (Fsp3) is 0.192. The summed E-state index contributed by atoms with van der Waals surface area (Å²) in [6.45, 7) is 0.700. The number of nitriles is 1. The van der Waals surface area contributed by atoms with Crippen molar-refractivity contribution in [1.82, 2.24) is 0 Å². The molecule has 0 N–H and O–H groups in total. The third kappa shape index (κ3) is 4.16. The maximum Gasteiger partial charge on any atom is 0.227 e. The first-order valence-electron chi connectivity index (χ1n) is 10.2. The van der Waals surface area contributed by atoms with Crippen LogP contribution in [-0.4, -0.2) is 18.2 Å². The van der Waals surface area contributed by atoms with Gasteiger partial charge in [0.1, 0.15) is 0 Å². The Bertz CT molecular complexity index is 1110. The molecule has 148 valence electrons. The van der Waals surface area contributed by atoms with E-state index in [2.05, 4.69) is 6.07 Å². The molecule has 0 aromatic heterocycles. The number of rotatable bonds is 5. The minimum Gasteiger partial charge on any atom is -0.312 e. The van der Waals surface area contributed by atoms with E-state index in [0.29, 0.717) is 36.1 Å².